The lowest BCUT2D eigenvalue weighted by Crippen LogP contribution is -2.22. The minimum Gasteiger partial charge on any atom is -0.477 e. The number of halogens is 1. The summed E-state index contributed by atoms with van der Waals surface area (Å²) in [5.74, 6) is -1.43. The molecule has 1 aliphatic carbocycles. The molecule has 1 heterocycles. The van der Waals surface area contributed by atoms with Gasteiger partial charge in [0.05, 0.1) is 6.10 Å². The van der Waals surface area contributed by atoms with Crippen LogP contribution in [0.5, 0.6) is 0 Å². The Morgan fingerprint density at radius 3 is 2.90 bits per heavy atom. The molecule has 2 aromatic rings. The smallest absolute Gasteiger partial charge is 0.346 e. The van der Waals surface area contributed by atoms with Crippen LogP contribution in [0.25, 0.3) is 10.1 Å². The number of nitrogens with one attached hydrogen (secondary N) is 1. The fraction of sp³-hybridized carbons (Fsp3) is 0.400. The van der Waals surface area contributed by atoms with E-state index in [1.54, 1.807) is 12.1 Å². The van der Waals surface area contributed by atoms with Crippen LogP contribution in [0.4, 0.5) is 4.39 Å². The molecule has 112 valence electrons. The molecule has 1 aliphatic rings. The van der Waals surface area contributed by atoms with E-state index in [0.29, 0.717) is 15.6 Å². The number of aromatic carboxylic acids is 1. The monoisotopic (exact) mass is 309 g/mol. The summed E-state index contributed by atoms with van der Waals surface area (Å²) in [6.45, 7) is 0.194. The normalized spacial score (nSPS) is 15.9. The van der Waals surface area contributed by atoms with Gasteiger partial charge in [-0.05, 0) is 25.0 Å². The molecule has 21 heavy (non-hydrogen) atoms. The number of carboxylic acid groups (broad SMARTS) is 1. The van der Waals surface area contributed by atoms with Gasteiger partial charge in [0.2, 0.25) is 0 Å². The second kappa shape index (κ2) is 6.09. The summed E-state index contributed by atoms with van der Waals surface area (Å²) in [5.41, 5.74) is 3.28. The Labute approximate surface area is 125 Å². The summed E-state index contributed by atoms with van der Waals surface area (Å²) in [4.78, 5) is 17.0. The first kappa shape index (κ1) is 14.4. The van der Waals surface area contributed by atoms with Crippen molar-refractivity contribution in [2.45, 2.75) is 38.3 Å². The molecule has 0 atom stereocenters. The van der Waals surface area contributed by atoms with Gasteiger partial charge in [-0.2, -0.15) is 5.48 Å². The van der Waals surface area contributed by atoms with Crippen molar-refractivity contribution in [1.82, 2.24) is 5.48 Å². The molecule has 0 aliphatic heterocycles. The van der Waals surface area contributed by atoms with Crippen LogP contribution in [0, 0.1) is 5.82 Å². The van der Waals surface area contributed by atoms with E-state index in [9.17, 15) is 14.3 Å². The fourth-order valence-corrected chi connectivity index (χ4v) is 3.82. The standard InChI is InChI=1S/C15H16FNO3S/c16-11-6-3-7-12-13(11)10(14(21-12)15(18)19)8-17-20-9-4-1-2-5-9/h3,6-7,9,17H,1-2,4-5,8H2,(H,18,19). The lowest BCUT2D eigenvalue weighted by atomic mass is 10.1. The number of hydrogen-bond donors (Lipinski definition) is 2. The van der Waals surface area contributed by atoms with E-state index in [-0.39, 0.29) is 17.5 Å². The molecule has 1 saturated carbocycles. The van der Waals surface area contributed by atoms with Gasteiger partial charge in [-0.3, -0.25) is 4.84 Å². The molecule has 1 aromatic heterocycles. The van der Waals surface area contributed by atoms with Crippen LogP contribution in [0.1, 0.15) is 40.9 Å². The number of rotatable bonds is 5. The quantitative estimate of drug-likeness (QED) is 0.827. The summed E-state index contributed by atoms with van der Waals surface area (Å²) >= 11 is 1.09. The zero-order chi connectivity index (χ0) is 14.8. The zero-order valence-electron chi connectivity index (χ0n) is 11.4. The van der Waals surface area contributed by atoms with Gasteiger partial charge in [-0.25, -0.2) is 9.18 Å². The summed E-state index contributed by atoms with van der Waals surface area (Å²) in [6, 6.07) is 4.67. The van der Waals surface area contributed by atoms with E-state index in [2.05, 4.69) is 5.48 Å². The van der Waals surface area contributed by atoms with Crippen LogP contribution >= 0.6 is 11.3 Å². The Morgan fingerprint density at radius 1 is 1.43 bits per heavy atom. The Kier molecular flexibility index (Phi) is 4.19. The van der Waals surface area contributed by atoms with Crippen molar-refractivity contribution in [3.8, 4) is 0 Å². The van der Waals surface area contributed by atoms with Crippen molar-refractivity contribution >= 4 is 27.4 Å². The van der Waals surface area contributed by atoms with Crippen molar-refractivity contribution in [3.63, 3.8) is 0 Å². The van der Waals surface area contributed by atoms with E-state index in [4.69, 9.17) is 4.84 Å². The maximum atomic E-state index is 14.0. The molecule has 0 amide bonds. The highest BCUT2D eigenvalue weighted by atomic mass is 32.1. The SMILES string of the molecule is O=C(O)c1sc2cccc(F)c2c1CNOC1CCCC1. The largest absolute Gasteiger partial charge is 0.477 e. The van der Waals surface area contributed by atoms with Gasteiger partial charge in [0.25, 0.3) is 0 Å². The molecule has 0 saturated heterocycles. The zero-order valence-corrected chi connectivity index (χ0v) is 12.2. The van der Waals surface area contributed by atoms with E-state index in [0.717, 1.165) is 37.0 Å². The molecule has 3 rings (SSSR count). The summed E-state index contributed by atoms with van der Waals surface area (Å²) in [7, 11) is 0. The number of fused-ring (bicyclic) bond motifs is 1. The Morgan fingerprint density at radius 2 is 2.19 bits per heavy atom. The van der Waals surface area contributed by atoms with E-state index < -0.39 is 11.8 Å². The number of carboxylic acids is 1. The second-order valence-corrected chi connectivity index (χ2v) is 6.23. The Hall–Kier alpha value is -1.50. The lowest BCUT2D eigenvalue weighted by Gasteiger charge is -2.11. The first-order chi connectivity index (χ1) is 10.2. The maximum absolute atomic E-state index is 14.0. The number of carbonyl (C=O) groups is 1. The van der Waals surface area contributed by atoms with E-state index in [1.807, 2.05) is 0 Å². The average Bonchev–Trinajstić information content (AvgIpc) is 3.07. The number of hydrogen-bond acceptors (Lipinski definition) is 4. The highest BCUT2D eigenvalue weighted by Gasteiger charge is 2.21. The van der Waals surface area contributed by atoms with Gasteiger partial charge in [0.15, 0.2) is 0 Å². The van der Waals surface area contributed by atoms with Gasteiger partial charge >= 0.3 is 5.97 Å². The van der Waals surface area contributed by atoms with Gasteiger partial charge in [-0.15, -0.1) is 11.3 Å². The third kappa shape index (κ3) is 2.92. The number of thiophene rings is 1. The van der Waals surface area contributed by atoms with Crippen molar-refractivity contribution in [2.75, 3.05) is 0 Å². The molecule has 6 heteroatoms. The third-order valence-electron chi connectivity index (χ3n) is 3.76. The summed E-state index contributed by atoms with van der Waals surface area (Å²) in [5, 5.41) is 9.67. The average molecular weight is 309 g/mol. The minimum absolute atomic E-state index is 0.164. The highest BCUT2D eigenvalue weighted by Crippen LogP contribution is 2.33. The van der Waals surface area contributed by atoms with E-state index in [1.165, 1.54) is 6.07 Å². The highest BCUT2D eigenvalue weighted by molar-refractivity contribution is 7.21. The van der Waals surface area contributed by atoms with Crippen LogP contribution in [0.3, 0.4) is 0 Å². The van der Waals surface area contributed by atoms with Crippen molar-refractivity contribution in [2.24, 2.45) is 0 Å². The van der Waals surface area contributed by atoms with Crippen LogP contribution in [0.15, 0.2) is 18.2 Å². The molecule has 1 fully saturated rings. The maximum Gasteiger partial charge on any atom is 0.346 e. The molecular weight excluding hydrogens is 293 g/mol. The number of hydroxylamine groups is 1. The van der Waals surface area contributed by atoms with Crippen molar-refractivity contribution < 1.29 is 19.1 Å². The number of benzene rings is 1. The van der Waals surface area contributed by atoms with Crippen LogP contribution in [0.2, 0.25) is 0 Å². The third-order valence-corrected chi connectivity index (χ3v) is 4.94. The lowest BCUT2D eigenvalue weighted by molar-refractivity contribution is -0.0243. The molecule has 1 aromatic carbocycles. The van der Waals surface area contributed by atoms with Crippen LogP contribution in [-0.2, 0) is 11.4 Å². The van der Waals surface area contributed by atoms with Gasteiger partial charge < -0.3 is 5.11 Å². The first-order valence-corrected chi connectivity index (χ1v) is 7.80. The predicted molar refractivity (Wildman–Crippen MR) is 78.9 cm³/mol. The second-order valence-electron chi connectivity index (χ2n) is 5.17. The topological polar surface area (TPSA) is 58.6 Å². The Balaban J connectivity index is 1.84. The summed E-state index contributed by atoms with van der Waals surface area (Å²) in [6.07, 6.45) is 4.51. The van der Waals surface area contributed by atoms with Crippen LogP contribution in [-0.4, -0.2) is 17.2 Å². The fourth-order valence-electron chi connectivity index (χ4n) is 2.75. The summed E-state index contributed by atoms with van der Waals surface area (Å²) < 4.78 is 14.6. The molecule has 4 nitrogen and oxygen atoms in total. The molecule has 0 radical (unpaired) electrons. The first-order valence-electron chi connectivity index (χ1n) is 6.98. The molecule has 0 spiro atoms. The minimum atomic E-state index is -1.03. The molecule has 0 bridgehead atoms. The molecular formula is C15H16FNO3S. The molecule has 0 unspecified atom stereocenters. The van der Waals surface area contributed by atoms with Crippen LogP contribution < -0.4 is 5.48 Å². The van der Waals surface area contributed by atoms with Crippen molar-refractivity contribution in [3.05, 3.63) is 34.5 Å². The van der Waals surface area contributed by atoms with Gasteiger partial charge in [-0.1, -0.05) is 18.9 Å². The molecule has 2 N–H and O–H groups in total. The van der Waals surface area contributed by atoms with Crippen molar-refractivity contribution in [1.29, 1.82) is 0 Å². The predicted octanol–water partition coefficient (Wildman–Crippen LogP) is 3.70. The van der Waals surface area contributed by atoms with E-state index >= 15 is 0 Å². The Bertz CT molecular complexity index is 664. The van der Waals surface area contributed by atoms with Gasteiger partial charge in [0, 0.05) is 22.2 Å². The van der Waals surface area contributed by atoms with Gasteiger partial charge in [0.1, 0.15) is 10.7 Å².